The summed E-state index contributed by atoms with van der Waals surface area (Å²) in [5.74, 6) is 1.58. The fourth-order valence-corrected chi connectivity index (χ4v) is 8.79. The highest BCUT2D eigenvalue weighted by Gasteiger charge is 2.51. The highest BCUT2D eigenvalue weighted by molar-refractivity contribution is 5.94. The number of pyridine rings is 1. The first-order valence-corrected chi connectivity index (χ1v) is 18.5. The van der Waals surface area contributed by atoms with Crippen molar-refractivity contribution in [3.63, 3.8) is 0 Å². The first kappa shape index (κ1) is 34.5. The predicted molar refractivity (Wildman–Crippen MR) is 192 cm³/mol. The number of nitrogens with zero attached hydrogens (tertiary/aromatic N) is 5. The number of fused-ring (bicyclic) bond motifs is 3. The summed E-state index contributed by atoms with van der Waals surface area (Å²) in [5, 5.41) is 9.57. The summed E-state index contributed by atoms with van der Waals surface area (Å²) in [6.45, 7) is 9.90. The van der Waals surface area contributed by atoms with Gasteiger partial charge in [-0.25, -0.2) is 14.8 Å². The topological polar surface area (TPSA) is 110 Å². The Morgan fingerprint density at radius 2 is 1.68 bits per heavy atom. The number of amides is 2. The number of imidazole rings is 1. The fraction of sp³-hybridized carbons (Fsp3) is 0.600. The van der Waals surface area contributed by atoms with E-state index in [1.807, 2.05) is 27.9 Å². The molecule has 0 radical (unpaired) electrons. The van der Waals surface area contributed by atoms with Crippen LogP contribution >= 0.6 is 0 Å². The van der Waals surface area contributed by atoms with Crippen molar-refractivity contribution >= 4 is 17.8 Å². The molecule has 4 saturated carbocycles. The van der Waals surface area contributed by atoms with Crippen LogP contribution < -0.4 is 9.64 Å². The van der Waals surface area contributed by atoms with Crippen LogP contribution in [-0.4, -0.2) is 75.5 Å². The maximum absolute atomic E-state index is 14.6. The van der Waals surface area contributed by atoms with Crippen molar-refractivity contribution in [2.45, 2.75) is 115 Å². The van der Waals surface area contributed by atoms with E-state index in [-0.39, 0.29) is 40.3 Å². The third kappa shape index (κ3) is 6.75. The molecule has 2 bridgehead atoms. The number of benzene rings is 1. The predicted octanol–water partition coefficient (Wildman–Crippen LogP) is 6.88. The van der Waals surface area contributed by atoms with Crippen molar-refractivity contribution in [2.24, 2.45) is 11.3 Å². The van der Waals surface area contributed by atoms with Gasteiger partial charge < -0.3 is 24.0 Å². The lowest BCUT2D eigenvalue weighted by molar-refractivity contribution is -0.124. The van der Waals surface area contributed by atoms with Crippen molar-refractivity contribution in [3.8, 4) is 11.4 Å². The lowest BCUT2D eigenvalue weighted by Gasteiger charge is -2.55. The average molecular weight is 684 g/mol. The molecule has 50 heavy (non-hydrogen) atoms. The molecule has 3 heterocycles. The molecule has 5 aliphatic rings. The first-order chi connectivity index (χ1) is 23.9. The molecule has 268 valence electrons. The molecule has 0 unspecified atom stereocenters. The van der Waals surface area contributed by atoms with Gasteiger partial charge in [0.25, 0.3) is 0 Å². The maximum atomic E-state index is 14.6. The molecule has 0 atom stereocenters. The fourth-order valence-electron chi connectivity index (χ4n) is 8.79. The lowest BCUT2D eigenvalue weighted by atomic mass is 9.51. The van der Waals surface area contributed by atoms with Gasteiger partial charge in [0.1, 0.15) is 17.7 Å². The van der Waals surface area contributed by atoms with Gasteiger partial charge in [0.2, 0.25) is 5.91 Å². The van der Waals surface area contributed by atoms with Crippen LogP contribution in [0.5, 0.6) is 5.75 Å². The summed E-state index contributed by atoms with van der Waals surface area (Å²) in [4.78, 5) is 40.2. The van der Waals surface area contributed by atoms with Crippen LogP contribution in [0.2, 0.25) is 0 Å². The van der Waals surface area contributed by atoms with Crippen molar-refractivity contribution in [1.82, 2.24) is 19.4 Å². The van der Waals surface area contributed by atoms with Crippen molar-refractivity contribution < 1.29 is 24.2 Å². The van der Waals surface area contributed by atoms with Gasteiger partial charge >= 0.3 is 6.09 Å². The SMILES string of the molecule is COc1ccc(C23CCC(CN(C(=O)C4CCC(OC(=O)N5CC(O)C5)CC4)c4cc(-n5cnc(C(C)(C)C)c5)ccn4)(CC2)CC3)cc1C. The van der Waals surface area contributed by atoms with Gasteiger partial charge in [0.05, 0.1) is 44.0 Å². The van der Waals surface area contributed by atoms with E-state index in [0.29, 0.717) is 51.1 Å². The minimum Gasteiger partial charge on any atom is -0.496 e. The second-order valence-electron chi connectivity index (χ2n) is 16.6. The molecule has 1 aromatic carbocycles. The summed E-state index contributed by atoms with van der Waals surface area (Å²) in [5.41, 5.74) is 4.69. The molecule has 1 N–H and O–H groups in total. The zero-order valence-corrected chi connectivity index (χ0v) is 30.4. The number of anilines is 1. The molecule has 4 aliphatic carbocycles. The number of aryl methyl sites for hydroxylation is 1. The average Bonchev–Trinajstić information content (AvgIpc) is 3.62. The number of carbonyl (C=O) groups excluding carboxylic acids is 2. The van der Waals surface area contributed by atoms with Gasteiger partial charge in [-0.1, -0.05) is 32.9 Å². The van der Waals surface area contributed by atoms with E-state index in [1.165, 1.54) is 16.0 Å². The molecule has 0 spiro atoms. The van der Waals surface area contributed by atoms with Gasteiger partial charge in [0, 0.05) is 36.3 Å². The Balaban J connectivity index is 1.10. The van der Waals surface area contributed by atoms with Crippen LogP contribution in [0, 0.1) is 18.3 Å². The molecule has 1 saturated heterocycles. The zero-order chi connectivity index (χ0) is 35.3. The highest BCUT2D eigenvalue weighted by Crippen LogP contribution is 2.58. The molecule has 2 amide bonds. The second kappa shape index (κ2) is 13.3. The number of aliphatic hydroxyl groups is 1. The van der Waals surface area contributed by atoms with Crippen LogP contribution in [0.4, 0.5) is 10.6 Å². The third-order valence-electron chi connectivity index (χ3n) is 12.2. The van der Waals surface area contributed by atoms with Gasteiger partial charge in [-0.05, 0) is 105 Å². The molecule has 8 rings (SSSR count). The Kier molecular flexibility index (Phi) is 9.20. The molecule has 2 aromatic heterocycles. The number of β-amino-alcohol motifs (C(OH)–C–C–N with tert-alkyl or cyclic N) is 1. The molecule has 3 aromatic rings. The van der Waals surface area contributed by atoms with Crippen LogP contribution in [0.15, 0.2) is 49.1 Å². The largest absolute Gasteiger partial charge is 0.496 e. The van der Waals surface area contributed by atoms with Gasteiger partial charge in [-0.15, -0.1) is 0 Å². The van der Waals surface area contributed by atoms with E-state index < -0.39 is 6.10 Å². The Labute approximate surface area is 296 Å². The number of methoxy groups -OCH3 is 1. The Hall–Kier alpha value is -3.92. The second-order valence-corrected chi connectivity index (χ2v) is 16.6. The van der Waals surface area contributed by atoms with Crippen LogP contribution in [0.25, 0.3) is 5.69 Å². The van der Waals surface area contributed by atoms with E-state index in [0.717, 1.165) is 55.7 Å². The molecular formula is C40H53N5O5. The maximum Gasteiger partial charge on any atom is 0.410 e. The Bertz CT molecular complexity index is 1690. The molecule has 10 heteroatoms. The van der Waals surface area contributed by atoms with Crippen molar-refractivity contribution in [1.29, 1.82) is 0 Å². The molecule has 10 nitrogen and oxygen atoms in total. The number of hydrogen-bond donors (Lipinski definition) is 1. The van der Waals surface area contributed by atoms with Crippen molar-refractivity contribution in [3.05, 3.63) is 65.9 Å². The lowest BCUT2D eigenvalue weighted by Crippen LogP contribution is -2.54. The number of rotatable bonds is 8. The normalized spacial score (nSPS) is 26.7. The van der Waals surface area contributed by atoms with E-state index in [1.54, 1.807) is 13.3 Å². The third-order valence-corrected chi connectivity index (χ3v) is 12.2. The summed E-state index contributed by atoms with van der Waals surface area (Å²) in [6.07, 6.45) is 13.9. The van der Waals surface area contributed by atoms with Gasteiger partial charge in [-0.3, -0.25) is 9.69 Å². The summed E-state index contributed by atoms with van der Waals surface area (Å²) in [6, 6.07) is 10.7. The number of aliphatic hydroxyl groups excluding tert-OH is 1. The number of carbonyl (C=O) groups is 2. The first-order valence-electron chi connectivity index (χ1n) is 18.5. The highest BCUT2D eigenvalue weighted by atomic mass is 16.6. The minimum absolute atomic E-state index is 0.0412. The van der Waals surface area contributed by atoms with E-state index in [4.69, 9.17) is 14.5 Å². The minimum atomic E-state index is -0.459. The van der Waals surface area contributed by atoms with Crippen LogP contribution in [0.3, 0.4) is 0 Å². The quantitative estimate of drug-likeness (QED) is 0.276. The summed E-state index contributed by atoms with van der Waals surface area (Å²) < 4.78 is 13.3. The van der Waals surface area contributed by atoms with E-state index in [9.17, 15) is 14.7 Å². The van der Waals surface area contributed by atoms with E-state index in [2.05, 4.69) is 57.1 Å². The smallest absolute Gasteiger partial charge is 0.410 e. The van der Waals surface area contributed by atoms with Crippen LogP contribution in [0.1, 0.15) is 102 Å². The standard InChI is InChI=1S/C40H53N5O5/c1-27-20-29(8-11-33(27)49-5)40-16-13-39(14-17-40,15-18-40)25-45(35-21-30(12-19-41-35)44-24-34(42-26-44)38(2,3)4)36(47)28-6-9-32(10-7-28)50-37(48)43-22-31(46)23-43/h8,11-12,19-21,24,26,28,31-32,46H,6-7,9-10,13-18,22-23,25H2,1-5H3. The molecule has 1 aliphatic heterocycles. The zero-order valence-electron chi connectivity index (χ0n) is 30.4. The number of aromatic nitrogens is 3. The summed E-state index contributed by atoms with van der Waals surface area (Å²) >= 11 is 0. The monoisotopic (exact) mass is 683 g/mol. The van der Waals surface area contributed by atoms with Crippen LogP contribution in [-0.2, 0) is 20.4 Å². The Morgan fingerprint density at radius 3 is 2.28 bits per heavy atom. The summed E-state index contributed by atoms with van der Waals surface area (Å²) in [7, 11) is 1.73. The number of hydrogen-bond acceptors (Lipinski definition) is 7. The van der Waals surface area contributed by atoms with Gasteiger partial charge in [-0.2, -0.15) is 0 Å². The molecule has 5 fully saturated rings. The van der Waals surface area contributed by atoms with E-state index >= 15 is 0 Å². The number of likely N-dealkylation sites (tertiary alicyclic amines) is 1. The number of ether oxygens (including phenoxy) is 2. The Morgan fingerprint density at radius 1 is 0.980 bits per heavy atom. The van der Waals surface area contributed by atoms with Crippen molar-refractivity contribution in [2.75, 3.05) is 31.6 Å². The molecular weight excluding hydrogens is 630 g/mol. The van der Waals surface area contributed by atoms with Gasteiger partial charge in [0.15, 0.2) is 0 Å².